The Morgan fingerprint density at radius 3 is 2.50 bits per heavy atom. The summed E-state index contributed by atoms with van der Waals surface area (Å²) in [5.74, 6) is 0.0657. The molecule has 8 heteroatoms. The van der Waals surface area contributed by atoms with Gasteiger partial charge in [-0.25, -0.2) is 13.6 Å². The van der Waals surface area contributed by atoms with Crippen molar-refractivity contribution in [1.82, 2.24) is 0 Å². The molecule has 0 saturated carbocycles. The lowest BCUT2D eigenvalue weighted by atomic mass is 10.2. The number of nitrogens with two attached hydrogens (primary N) is 1. The van der Waals surface area contributed by atoms with Crippen molar-refractivity contribution >= 4 is 15.7 Å². The zero-order chi connectivity index (χ0) is 15.3. The molecule has 0 radical (unpaired) electrons. The third kappa shape index (κ3) is 4.17. The largest absolute Gasteiger partial charge is 0.487 e. The van der Waals surface area contributed by atoms with Crippen LogP contribution in [0.15, 0.2) is 17.0 Å². The lowest BCUT2D eigenvalue weighted by Gasteiger charge is -2.10. The molecule has 0 spiro atoms. The molecule has 0 bridgehead atoms. The Labute approximate surface area is 117 Å². The lowest BCUT2D eigenvalue weighted by Crippen LogP contribution is -2.14. The van der Waals surface area contributed by atoms with Crippen LogP contribution in [0, 0.1) is 17.0 Å². The number of nitrogens with zero attached hydrogens (tertiary/aromatic N) is 1. The maximum absolute atomic E-state index is 11.4. The Hall–Kier alpha value is -1.67. The molecule has 1 aromatic rings. The average Bonchev–Trinajstić information content (AvgIpc) is 2.32. The molecule has 0 aliphatic carbocycles. The number of primary sulfonamides is 1. The summed E-state index contributed by atoms with van der Waals surface area (Å²) in [7, 11) is -4.00. The van der Waals surface area contributed by atoms with Gasteiger partial charge in [0.25, 0.3) is 0 Å². The molecule has 1 aromatic carbocycles. The molecule has 0 unspecified atom stereocenters. The van der Waals surface area contributed by atoms with Crippen LogP contribution in [0.3, 0.4) is 0 Å². The summed E-state index contributed by atoms with van der Waals surface area (Å²) in [6.07, 6.45) is 2.75. The molecule has 0 atom stereocenters. The van der Waals surface area contributed by atoms with Crippen LogP contribution >= 0.6 is 0 Å². The predicted octanol–water partition coefficient (Wildman–Crippen LogP) is 2.12. The number of unbranched alkanes of at least 4 members (excludes halogenated alkanes) is 2. The fraction of sp³-hybridized carbons (Fsp3) is 0.500. The van der Waals surface area contributed by atoms with Gasteiger partial charge < -0.3 is 4.74 Å². The van der Waals surface area contributed by atoms with Crippen molar-refractivity contribution in [3.8, 4) is 5.75 Å². The van der Waals surface area contributed by atoms with Crippen molar-refractivity contribution in [3.63, 3.8) is 0 Å². The molecule has 0 aliphatic rings. The van der Waals surface area contributed by atoms with Crippen LogP contribution in [0.4, 0.5) is 5.69 Å². The van der Waals surface area contributed by atoms with Gasteiger partial charge in [-0.15, -0.1) is 0 Å². The zero-order valence-electron chi connectivity index (χ0n) is 11.5. The fourth-order valence-corrected chi connectivity index (χ4v) is 2.53. The van der Waals surface area contributed by atoms with Crippen LogP contribution in [0.1, 0.15) is 31.7 Å². The number of benzene rings is 1. The number of sulfonamides is 1. The first-order valence-electron chi connectivity index (χ1n) is 6.22. The van der Waals surface area contributed by atoms with Crippen LogP contribution in [-0.2, 0) is 10.0 Å². The summed E-state index contributed by atoms with van der Waals surface area (Å²) >= 11 is 0. The Kier molecular flexibility index (Phi) is 5.46. The zero-order valence-corrected chi connectivity index (χ0v) is 12.3. The summed E-state index contributed by atoms with van der Waals surface area (Å²) in [5.41, 5.74) is -0.0697. The minimum absolute atomic E-state index is 0.0657. The SMILES string of the molecule is CCCCCOc1cc(C)c(S(N)(=O)=O)cc1[N+](=O)[O-]. The Morgan fingerprint density at radius 1 is 1.35 bits per heavy atom. The van der Waals surface area contributed by atoms with Crippen LogP contribution in [0.5, 0.6) is 5.75 Å². The first kappa shape index (κ1) is 16.4. The molecular formula is C12H18N2O5S. The summed E-state index contributed by atoms with van der Waals surface area (Å²) < 4.78 is 28.1. The number of nitro benzene ring substituents is 1. The van der Waals surface area contributed by atoms with Gasteiger partial charge in [0.15, 0.2) is 5.75 Å². The molecule has 0 saturated heterocycles. The van der Waals surface area contributed by atoms with E-state index in [0.717, 1.165) is 25.3 Å². The highest BCUT2D eigenvalue weighted by Gasteiger charge is 2.22. The maximum atomic E-state index is 11.4. The van der Waals surface area contributed by atoms with E-state index in [1.807, 2.05) is 6.92 Å². The van der Waals surface area contributed by atoms with E-state index in [-0.39, 0.29) is 10.6 Å². The van der Waals surface area contributed by atoms with Crippen molar-refractivity contribution in [2.45, 2.75) is 38.0 Å². The normalized spacial score (nSPS) is 11.3. The van der Waals surface area contributed by atoms with Gasteiger partial charge in [-0.1, -0.05) is 19.8 Å². The van der Waals surface area contributed by atoms with Gasteiger partial charge in [0, 0.05) is 6.07 Å². The minimum Gasteiger partial charge on any atom is -0.487 e. The van der Waals surface area contributed by atoms with Gasteiger partial charge >= 0.3 is 5.69 Å². The maximum Gasteiger partial charge on any atom is 0.312 e. The third-order valence-electron chi connectivity index (χ3n) is 2.77. The molecule has 0 amide bonds. The fourth-order valence-electron chi connectivity index (χ4n) is 1.75. The molecule has 7 nitrogen and oxygen atoms in total. The van der Waals surface area contributed by atoms with Crippen molar-refractivity contribution in [1.29, 1.82) is 0 Å². The van der Waals surface area contributed by atoms with Crippen molar-refractivity contribution < 1.29 is 18.1 Å². The summed E-state index contributed by atoms with van der Waals surface area (Å²) in [6, 6.07) is 2.28. The van der Waals surface area contributed by atoms with Crippen LogP contribution in [-0.4, -0.2) is 19.9 Å². The number of nitro groups is 1. The monoisotopic (exact) mass is 302 g/mol. The lowest BCUT2D eigenvalue weighted by molar-refractivity contribution is -0.386. The molecule has 20 heavy (non-hydrogen) atoms. The van der Waals surface area contributed by atoms with Crippen LogP contribution in [0.25, 0.3) is 0 Å². The van der Waals surface area contributed by atoms with Gasteiger partial charge in [-0.3, -0.25) is 10.1 Å². The number of ether oxygens (including phenoxy) is 1. The van der Waals surface area contributed by atoms with E-state index in [1.165, 1.54) is 13.0 Å². The van der Waals surface area contributed by atoms with Gasteiger partial charge in [-0.2, -0.15) is 0 Å². The number of rotatable bonds is 7. The number of aryl methyl sites for hydroxylation is 1. The Bertz CT molecular complexity index is 598. The quantitative estimate of drug-likeness (QED) is 0.471. The highest BCUT2D eigenvalue weighted by Crippen LogP contribution is 2.32. The summed E-state index contributed by atoms with van der Waals surface area (Å²) in [4.78, 5) is 10.1. The first-order chi connectivity index (χ1) is 9.27. The molecular weight excluding hydrogens is 284 g/mol. The van der Waals surface area contributed by atoms with Gasteiger partial charge in [0.2, 0.25) is 10.0 Å². The average molecular weight is 302 g/mol. The smallest absolute Gasteiger partial charge is 0.312 e. The second kappa shape index (κ2) is 6.67. The van der Waals surface area contributed by atoms with Gasteiger partial charge in [-0.05, 0) is 25.0 Å². The van der Waals surface area contributed by atoms with Crippen LogP contribution < -0.4 is 9.88 Å². The molecule has 0 heterocycles. The van der Waals surface area contributed by atoms with E-state index >= 15 is 0 Å². The highest BCUT2D eigenvalue weighted by molar-refractivity contribution is 7.89. The van der Waals surface area contributed by atoms with Crippen molar-refractivity contribution in [2.24, 2.45) is 5.14 Å². The summed E-state index contributed by atoms with van der Waals surface area (Å²) in [5, 5.41) is 16.0. The second-order valence-corrected chi connectivity index (χ2v) is 5.97. The minimum atomic E-state index is -4.00. The topological polar surface area (TPSA) is 113 Å². The standard InChI is InChI=1S/C12H18N2O5S/c1-3-4-5-6-19-11-7-9(2)12(20(13,17)18)8-10(11)14(15)16/h7-8H,3-6H2,1-2H3,(H2,13,17,18). The molecule has 0 aromatic heterocycles. The van der Waals surface area contributed by atoms with E-state index < -0.39 is 20.6 Å². The van der Waals surface area contributed by atoms with Crippen LogP contribution in [0.2, 0.25) is 0 Å². The van der Waals surface area contributed by atoms with E-state index in [1.54, 1.807) is 0 Å². The molecule has 1 rings (SSSR count). The molecule has 0 aliphatic heterocycles. The first-order valence-corrected chi connectivity index (χ1v) is 7.76. The molecule has 0 fully saturated rings. The van der Waals surface area contributed by atoms with E-state index in [2.05, 4.69) is 0 Å². The van der Waals surface area contributed by atoms with Crippen molar-refractivity contribution in [3.05, 3.63) is 27.8 Å². The van der Waals surface area contributed by atoms with E-state index in [4.69, 9.17) is 9.88 Å². The Balaban J connectivity index is 3.12. The van der Waals surface area contributed by atoms with Gasteiger partial charge in [0.1, 0.15) is 0 Å². The number of hydrogen-bond donors (Lipinski definition) is 1. The highest BCUT2D eigenvalue weighted by atomic mass is 32.2. The number of hydrogen-bond acceptors (Lipinski definition) is 5. The predicted molar refractivity (Wildman–Crippen MR) is 74.2 cm³/mol. The van der Waals surface area contributed by atoms with E-state index in [9.17, 15) is 18.5 Å². The van der Waals surface area contributed by atoms with E-state index in [0.29, 0.717) is 12.2 Å². The van der Waals surface area contributed by atoms with Crippen molar-refractivity contribution in [2.75, 3.05) is 6.61 Å². The summed E-state index contributed by atoms with van der Waals surface area (Å²) in [6.45, 7) is 3.90. The third-order valence-corrected chi connectivity index (χ3v) is 3.82. The van der Waals surface area contributed by atoms with Gasteiger partial charge in [0.05, 0.1) is 16.4 Å². The molecule has 2 N–H and O–H groups in total. The Morgan fingerprint density at radius 2 is 2.00 bits per heavy atom. The molecule has 112 valence electrons. The second-order valence-electron chi connectivity index (χ2n) is 4.44.